The van der Waals surface area contributed by atoms with E-state index in [1.807, 2.05) is 12.1 Å². The second kappa shape index (κ2) is 4.35. The Labute approximate surface area is 97.9 Å². The van der Waals surface area contributed by atoms with Gasteiger partial charge >= 0.3 is 0 Å². The number of halogens is 1. The van der Waals surface area contributed by atoms with E-state index < -0.39 is 0 Å². The van der Waals surface area contributed by atoms with Gasteiger partial charge < -0.3 is 5.73 Å². The molecule has 0 saturated heterocycles. The third-order valence-corrected chi connectivity index (χ3v) is 2.50. The van der Waals surface area contributed by atoms with Gasteiger partial charge in [-0.25, -0.2) is 4.98 Å². The van der Waals surface area contributed by atoms with Crippen LogP contribution < -0.4 is 5.73 Å². The topological polar surface area (TPSA) is 67.6 Å². The number of hydrogen-bond donors (Lipinski definition) is 1. The van der Waals surface area contributed by atoms with E-state index in [0.29, 0.717) is 17.4 Å². The summed E-state index contributed by atoms with van der Waals surface area (Å²) >= 11 is 5.89. The lowest BCUT2D eigenvalue weighted by molar-refractivity contribution is 0.965. The number of benzene rings is 1. The number of aromatic nitrogens is 2. The van der Waals surface area contributed by atoms with Gasteiger partial charge in [-0.15, -0.1) is 0 Å². The van der Waals surface area contributed by atoms with Crippen LogP contribution in [-0.2, 0) is 6.54 Å². The molecule has 0 atom stereocenters. The van der Waals surface area contributed by atoms with Crippen LogP contribution in [0.25, 0.3) is 5.69 Å². The maximum atomic E-state index is 8.90. The molecule has 16 heavy (non-hydrogen) atoms. The first-order valence-corrected chi connectivity index (χ1v) is 5.06. The van der Waals surface area contributed by atoms with Crippen LogP contribution in [0.15, 0.2) is 30.6 Å². The minimum absolute atomic E-state index is 0.331. The zero-order valence-electron chi connectivity index (χ0n) is 8.39. The number of imidazole rings is 1. The van der Waals surface area contributed by atoms with Crippen molar-refractivity contribution < 1.29 is 0 Å². The van der Waals surface area contributed by atoms with Crippen LogP contribution in [0.4, 0.5) is 0 Å². The molecule has 0 amide bonds. The van der Waals surface area contributed by atoms with Gasteiger partial charge in [-0.2, -0.15) is 5.26 Å². The van der Waals surface area contributed by atoms with Gasteiger partial charge in [0.05, 0.1) is 5.69 Å². The molecule has 0 unspecified atom stereocenters. The van der Waals surface area contributed by atoms with Gasteiger partial charge in [0.15, 0.2) is 0 Å². The molecule has 1 aromatic carbocycles. The standard InChI is InChI=1S/C11H9ClN4/c12-9-1-2-10(8(5-9)6-13)16-4-3-15-11(16)7-14/h1-5H,6,13H2. The second-order valence-corrected chi connectivity index (χ2v) is 3.65. The normalized spacial score (nSPS) is 10.1. The monoisotopic (exact) mass is 232 g/mol. The van der Waals surface area contributed by atoms with Crippen molar-refractivity contribution in [3.63, 3.8) is 0 Å². The SMILES string of the molecule is N#Cc1nccn1-c1ccc(Cl)cc1CN. The van der Waals surface area contributed by atoms with Crippen molar-refractivity contribution in [3.8, 4) is 11.8 Å². The van der Waals surface area contributed by atoms with Crippen molar-refractivity contribution >= 4 is 11.6 Å². The summed E-state index contributed by atoms with van der Waals surface area (Å²) < 4.78 is 1.69. The molecule has 0 radical (unpaired) electrons. The number of rotatable bonds is 2. The summed E-state index contributed by atoms with van der Waals surface area (Å²) in [5, 5.41) is 9.52. The van der Waals surface area contributed by atoms with Crippen LogP contribution in [0.5, 0.6) is 0 Å². The fourth-order valence-electron chi connectivity index (χ4n) is 1.53. The molecule has 0 spiro atoms. The van der Waals surface area contributed by atoms with Crippen molar-refractivity contribution in [2.45, 2.75) is 6.54 Å². The second-order valence-electron chi connectivity index (χ2n) is 3.21. The molecule has 4 nitrogen and oxygen atoms in total. The highest BCUT2D eigenvalue weighted by molar-refractivity contribution is 6.30. The molecule has 5 heteroatoms. The van der Waals surface area contributed by atoms with E-state index in [2.05, 4.69) is 4.98 Å². The van der Waals surface area contributed by atoms with Gasteiger partial charge in [-0.1, -0.05) is 11.6 Å². The summed E-state index contributed by atoms with van der Waals surface area (Å²) in [6.07, 6.45) is 3.30. The predicted molar refractivity (Wildman–Crippen MR) is 61.2 cm³/mol. The predicted octanol–water partition coefficient (Wildman–Crippen LogP) is 1.86. The number of nitriles is 1. The lowest BCUT2D eigenvalue weighted by atomic mass is 10.1. The Bertz CT molecular complexity index is 553. The Hall–Kier alpha value is -1.83. The molecular weight excluding hydrogens is 224 g/mol. The Morgan fingerprint density at radius 1 is 1.50 bits per heavy atom. The average Bonchev–Trinajstić information content (AvgIpc) is 2.76. The van der Waals surface area contributed by atoms with Gasteiger partial charge in [0, 0.05) is 24.0 Å². The first-order chi connectivity index (χ1) is 7.76. The molecule has 0 bridgehead atoms. The first-order valence-electron chi connectivity index (χ1n) is 4.68. The van der Waals surface area contributed by atoms with E-state index in [9.17, 15) is 0 Å². The van der Waals surface area contributed by atoms with Crippen molar-refractivity contribution in [1.82, 2.24) is 9.55 Å². The summed E-state index contributed by atoms with van der Waals surface area (Å²) in [6.45, 7) is 0.360. The Balaban J connectivity index is 2.61. The quantitative estimate of drug-likeness (QED) is 0.859. The van der Waals surface area contributed by atoms with Crippen LogP contribution in [0, 0.1) is 11.3 Å². The van der Waals surface area contributed by atoms with Crippen molar-refractivity contribution in [1.29, 1.82) is 5.26 Å². The third kappa shape index (κ3) is 1.78. The van der Waals surface area contributed by atoms with Crippen LogP contribution in [0.1, 0.15) is 11.4 Å². The molecule has 2 aromatic rings. The maximum Gasteiger partial charge on any atom is 0.217 e. The molecule has 0 aliphatic heterocycles. The molecule has 2 N–H and O–H groups in total. The van der Waals surface area contributed by atoms with Crippen molar-refractivity contribution in [2.24, 2.45) is 5.73 Å². The van der Waals surface area contributed by atoms with Gasteiger partial charge in [-0.05, 0) is 23.8 Å². The minimum Gasteiger partial charge on any atom is -0.326 e. The largest absolute Gasteiger partial charge is 0.326 e. The number of nitrogens with zero attached hydrogens (tertiary/aromatic N) is 3. The zero-order chi connectivity index (χ0) is 11.5. The smallest absolute Gasteiger partial charge is 0.217 e. The van der Waals surface area contributed by atoms with Gasteiger partial charge in [0.1, 0.15) is 6.07 Å². The summed E-state index contributed by atoms with van der Waals surface area (Å²) in [4.78, 5) is 3.94. The molecule has 0 saturated carbocycles. The highest BCUT2D eigenvalue weighted by atomic mass is 35.5. The minimum atomic E-state index is 0.331. The van der Waals surface area contributed by atoms with E-state index in [4.69, 9.17) is 22.6 Å². The Kier molecular flexibility index (Phi) is 2.91. The summed E-state index contributed by atoms with van der Waals surface area (Å²) in [5.41, 5.74) is 7.35. The third-order valence-electron chi connectivity index (χ3n) is 2.26. The highest BCUT2D eigenvalue weighted by Gasteiger charge is 2.08. The van der Waals surface area contributed by atoms with Crippen LogP contribution in [0.2, 0.25) is 5.02 Å². The van der Waals surface area contributed by atoms with E-state index >= 15 is 0 Å². The molecule has 1 heterocycles. The molecule has 80 valence electrons. The maximum absolute atomic E-state index is 8.90. The molecular formula is C11H9ClN4. The van der Waals surface area contributed by atoms with E-state index in [1.165, 1.54) is 0 Å². The van der Waals surface area contributed by atoms with Crippen molar-refractivity contribution in [2.75, 3.05) is 0 Å². The Morgan fingerprint density at radius 2 is 2.31 bits per heavy atom. The Morgan fingerprint density at radius 3 is 3.00 bits per heavy atom. The lowest BCUT2D eigenvalue weighted by Crippen LogP contribution is -2.05. The lowest BCUT2D eigenvalue weighted by Gasteiger charge is -2.09. The van der Waals surface area contributed by atoms with Gasteiger partial charge in [-0.3, -0.25) is 4.57 Å². The number of nitrogens with two attached hydrogens (primary N) is 1. The van der Waals surface area contributed by atoms with Gasteiger partial charge in [0.25, 0.3) is 0 Å². The molecule has 2 rings (SSSR count). The summed E-state index contributed by atoms with van der Waals surface area (Å²) in [6, 6.07) is 7.40. The fourth-order valence-corrected chi connectivity index (χ4v) is 1.73. The molecule has 0 aliphatic carbocycles. The molecule has 0 aliphatic rings. The van der Waals surface area contributed by atoms with Crippen LogP contribution in [0.3, 0.4) is 0 Å². The van der Waals surface area contributed by atoms with Gasteiger partial charge in [0.2, 0.25) is 5.82 Å². The summed E-state index contributed by atoms with van der Waals surface area (Å²) in [5.74, 6) is 0.331. The highest BCUT2D eigenvalue weighted by Crippen LogP contribution is 2.20. The molecule has 0 fully saturated rings. The zero-order valence-corrected chi connectivity index (χ0v) is 9.15. The first kappa shape index (κ1) is 10.7. The van der Waals surface area contributed by atoms with E-state index in [-0.39, 0.29) is 0 Å². The van der Waals surface area contributed by atoms with Crippen LogP contribution >= 0.6 is 11.6 Å². The van der Waals surface area contributed by atoms with Crippen LogP contribution in [-0.4, -0.2) is 9.55 Å². The van der Waals surface area contributed by atoms with E-state index in [0.717, 1.165) is 11.3 Å². The number of hydrogen-bond acceptors (Lipinski definition) is 3. The average molecular weight is 233 g/mol. The van der Waals surface area contributed by atoms with Crippen molar-refractivity contribution in [3.05, 3.63) is 47.0 Å². The summed E-state index contributed by atoms with van der Waals surface area (Å²) in [7, 11) is 0. The molecule has 1 aromatic heterocycles. The van der Waals surface area contributed by atoms with E-state index in [1.54, 1.807) is 29.1 Å². The fraction of sp³-hybridized carbons (Fsp3) is 0.0909.